The molecular weight excluding hydrogens is 502 g/mol. The van der Waals surface area contributed by atoms with E-state index < -0.39 is 18.0 Å². The normalized spacial score (nSPS) is 28.7. The summed E-state index contributed by atoms with van der Waals surface area (Å²) in [5, 5.41) is 16.7. The number of fused-ring (bicyclic) bond motifs is 3. The maximum Gasteiger partial charge on any atom is 0.261 e. The maximum absolute atomic E-state index is 13.5. The minimum atomic E-state index is -0.851. The number of carbonyl (C=O) groups is 2. The molecular formula is C24H23Cl2FN2O6. The summed E-state index contributed by atoms with van der Waals surface area (Å²) in [6, 6.07) is 8.44. The molecule has 5 rings (SSSR count). The fraction of sp³-hybridized carbons (Fsp3) is 0.417. The van der Waals surface area contributed by atoms with Gasteiger partial charge in [0.05, 0.1) is 35.4 Å². The van der Waals surface area contributed by atoms with Gasteiger partial charge in [0.1, 0.15) is 17.3 Å². The number of aliphatic hydroxyl groups is 1. The van der Waals surface area contributed by atoms with E-state index >= 15 is 0 Å². The van der Waals surface area contributed by atoms with Gasteiger partial charge < -0.3 is 30.0 Å². The van der Waals surface area contributed by atoms with Gasteiger partial charge in [-0.2, -0.15) is 0 Å². The lowest BCUT2D eigenvalue weighted by atomic mass is 9.90. The van der Waals surface area contributed by atoms with E-state index in [2.05, 4.69) is 10.6 Å². The lowest BCUT2D eigenvalue weighted by Gasteiger charge is -2.31. The summed E-state index contributed by atoms with van der Waals surface area (Å²) in [7, 11) is 0. The van der Waals surface area contributed by atoms with Gasteiger partial charge in [-0.1, -0.05) is 23.2 Å². The number of halogens is 3. The highest BCUT2D eigenvalue weighted by atomic mass is 35.5. The Morgan fingerprint density at radius 1 is 1.06 bits per heavy atom. The number of hydrogen-bond donors (Lipinski definition) is 3. The van der Waals surface area contributed by atoms with Gasteiger partial charge in [0.2, 0.25) is 0 Å². The third-order valence-electron chi connectivity index (χ3n) is 6.48. The largest absolute Gasteiger partial charge is 0.484 e. The van der Waals surface area contributed by atoms with Crippen LogP contribution in [-0.2, 0) is 14.3 Å². The molecule has 3 aliphatic heterocycles. The Kier molecular flexibility index (Phi) is 6.76. The first kappa shape index (κ1) is 24.1. The quantitative estimate of drug-likeness (QED) is 0.536. The Balaban J connectivity index is 1.09. The minimum Gasteiger partial charge on any atom is -0.484 e. The SMILES string of the molecule is O=C(COc1ccc(Cl)c(F)c1)N[C@H]1C[C@H]2O[C@@H]1C[C@@H]2NC(=O)[C@@H]1C[C@@H](O)c2cc(Cl)ccc2O1. The lowest BCUT2D eigenvalue weighted by Crippen LogP contribution is -2.52. The Morgan fingerprint density at radius 2 is 1.80 bits per heavy atom. The molecule has 35 heavy (non-hydrogen) atoms. The molecule has 2 saturated heterocycles. The number of nitrogens with one attached hydrogen (secondary N) is 2. The monoisotopic (exact) mass is 524 g/mol. The van der Waals surface area contributed by atoms with Gasteiger partial charge in [-0.3, -0.25) is 9.59 Å². The fourth-order valence-corrected chi connectivity index (χ4v) is 5.08. The van der Waals surface area contributed by atoms with E-state index in [0.29, 0.717) is 29.2 Å². The van der Waals surface area contributed by atoms with E-state index in [4.69, 9.17) is 37.4 Å². The number of hydrogen-bond acceptors (Lipinski definition) is 6. The van der Waals surface area contributed by atoms with Gasteiger partial charge in [0.25, 0.3) is 11.8 Å². The van der Waals surface area contributed by atoms with Crippen LogP contribution in [0.15, 0.2) is 36.4 Å². The standard InChI is InChI=1S/C24H23Cl2FN2O6/c25-11-1-4-19-13(5-11)18(30)9-22(34-19)24(32)29-17-8-20-16(7-21(17)35-20)28-23(31)10-33-12-2-3-14(26)15(27)6-12/h1-6,16-18,20-22,30H,7-10H2,(H,28,31)(H,29,32)/t16-,17-,18+,20+,21+,22-/m0/s1. The third kappa shape index (κ3) is 5.18. The molecule has 8 nitrogen and oxygen atoms in total. The van der Waals surface area contributed by atoms with Crippen LogP contribution < -0.4 is 20.1 Å². The van der Waals surface area contributed by atoms with Crippen LogP contribution in [0.5, 0.6) is 11.5 Å². The summed E-state index contributed by atoms with van der Waals surface area (Å²) in [6.45, 7) is -0.275. The van der Waals surface area contributed by atoms with Crippen molar-refractivity contribution in [3.05, 3.63) is 57.8 Å². The Labute approximate surface area is 210 Å². The zero-order valence-corrected chi connectivity index (χ0v) is 19.9. The van der Waals surface area contributed by atoms with Gasteiger partial charge in [-0.15, -0.1) is 0 Å². The molecule has 2 amide bonds. The zero-order valence-electron chi connectivity index (χ0n) is 18.4. The number of benzene rings is 2. The van der Waals surface area contributed by atoms with Crippen LogP contribution in [0.3, 0.4) is 0 Å². The highest BCUT2D eigenvalue weighted by Crippen LogP contribution is 2.38. The summed E-state index contributed by atoms with van der Waals surface area (Å²) in [4.78, 5) is 25.1. The third-order valence-corrected chi connectivity index (χ3v) is 7.03. The highest BCUT2D eigenvalue weighted by Gasteiger charge is 2.49. The average Bonchev–Trinajstić information content (AvgIpc) is 3.40. The summed E-state index contributed by atoms with van der Waals surface area (Å²) in [5.74, 6) is -0.667. The molecule has 0 aromatic heterocycles. The second kappa shape index (κ2) is 9.81. The van der Waals surface area contributed by atoms with Gasteiger partial charge >= 0.3 is 0 Å². The van der Waals surface area contributed by atoms with Gasteiger partial charge in [-0.25, -0.2) is 4.39 Å². The van der Waals surface area contributed by atoms with E-state index in [0.717, 1.165) is 6.07 Å². The van der Waals surface area contributed by atoms with Gasteiger partial charge in [-0.05, 0) is 43.2 Å². The molecule has 11 heteroatoms. The molecule has 3 N–H and O–H groups in total. The zero-order chi connectivity index (χ0) is 24.7. The Bertz CT molecular complexity index is 1150. The van der Waals surface area contributed by atoms with Crippen molar-refractivity contribution in [2.24, 2.45) is 0 Å². The lowest BCUT2D eigenvalue weighted by molar-refractivity contribution is -0.131. The molecule has 3 aliphatic rings. The number of rotatable bonds is 6. The fourth-order valence-electron chi connectivity index (χ4n) is 4.78. The van der Waals surface area contributed by atoms with E-state index in [1.807, 2.05) is 0 Å². The highest BCUT2D eigenvalue weighted by molar-refractivity contribution is 6.31. The van der Waals surface area contributed by atoms with E-state index in [1.54, 1.807) is 18.2 Å². The van der Waals surface area contributed by atoms with E-state index in [9.17, 15) is 19.1 Å². The first-order valence-corrected chi connectivity index (χ1v) is 12.0. The summed E-state index contributed by atoms with van der Waals surface area (Å²) < 4.78 is 30.5. The van der Waals surface area contributed by atoms with Crippen LogP contribution in [0.25, 0.3) is 0 Å². The molecule has 2 fully saturated rings. The van der Waals surface area contributed by atoms with Crippen molar-refractivity contribution in [1.29, 1.82) is 0 Å². The number of ether oxygens (including phenoxy) is 3. The second-order valence-electron chi connectivity index (χ2n) is 8.88. The summed E-state index contributed by atoms with van der Waals surface area (Å²) in [5.41, 5.74) is 0.563. The maximum atomic E-state index is 13.5. The molecule has 0 unspecified atom stereocenters. The van der Waals surface area contributed by atoms with Crippen molar-refractivity contribution in [2.75, 3.05) is 6.61 Å². The first-order chi connectivity index (χ1) is 16.8. The van der Waals surface area contributed by atoms with Gasteiger partial charge in [0, 0.05) is 23.1 Å². The average molecular weight is 525 g/mol. The van der Waals surface area contributed by atoms with Crippen molar-refractivity contribution < 1.29 is 33.3 Å². The van der Waals surface area contributed by atoms with Crippen LogP contribution in [0.4, 0.5) is 4.39 Å². The van der Waals surface area contributed by atoms with E-state index in [1.165, 1.54) is 12.1 Å². The number of amides is 2. The first-order valence-electron chi connectivity index (χ1n) is 11.2. The molecule has 0 radical (unpaired) electrons. The number of carbonyl (C=O) groups excluding carboxylic acids is 2. The Hall–Kier alpha value is -2.59. The molecule has 2 aromatic rings. The molecule has 3 heterocycles. The minimum absolute atomic E-state index is 0.0245. The van der Waals surface area contributed by atoms with Crippen molar-refractivity contribution in [3.63, 3.8) is 0 Å². The van der Waals surface area contributed by atoms with Crippen LogP contribution in [-0.4, -0.2) is 53.9 Å². The molecule has 2 bridgehead atoms. The Morgan fingerprint density at radius 3 is 2.51 bits per heavy atom. The molecule has 0 aliphatic carbocycles. The van der Waals surface area contributed by atoms with Crippen molar-refractivity contribution in [2.45, 2.75) is 55.8 Å². The van der Waals surface area contributed by atoms with Crippen molar-refractivity contribution in [1.82, 2.24) is 10.6 Å². The topological polar surface area (TPSA) is 106 Å². The summed E-state index contributed by atoms with van der Waals surface area (Å²) in [6.07, 6.45) is -0.989. The van der Waals surface area contributed by atoms with Crippen LogP contribution >= 0.6 is 23.2 Å². The molecule has 0 spiro atoms. The molecule has 6 atom stereocenters. The molecule has 2 aromatic carbocycles. The molecule has 0 saturated carbocycles. The van der Waals surface area contributed by atoms with Crippen LogP contribution in [0.1, 0.15) is 30.9 Å². The number of aliphatic hydroxyl groups excluding tert-OH is 1. The predicted molar refractivity (Wildman–Crippen MR) is 124 cm³/mol. The second-order valence-corrected chi connectivity index (χ2v) is 9.72. The van der Waals surface area contributed by atoms with E-state index in [-0.39, 0.29) is 59.9 Å². The van der Waals surface area contributed by atoms with Gasteiger partial charge in [0.15, 0.2) is 12.7 Å². The summed E-state index contributed by atoms with van der Waals surface area (Å²) >= 11 is 11.6. The van der Waals surface area contributed by atoms with Crippen LogP contribution in [0.2, 0.25) is 10.0 Å². The van der Waals surface area contributed by atoms with Crippen molar-refractivity contribution >= 4 is 35.0 Å². The predicted octanol–water partition coefficient (Wildman–Crippen LogP) is 2.93. The smallest absolute Gasteiger partial charge is 0.261 e. The van der Waals surface area contributed by atoms with Crippen LogP contribution in [0, 0.1) is 5.82 Å². The van der Waals surface area contributed by atoms with Crippen molar-refractivity contribution in [3.8, 4) is 11.5 Å². The molecule has 186 valence electrons.